The first-order valence-electron chi connectivity index (χ1n) is 5.49. The van der Waals surface area contributed by atoms with Gasteiger partial charge in [0.1, 0.15) is 0 Å². The highest BCUT2D eigenvalue weighted by Gasteiger charge is 2.36. The van der Waals surface area contributed by atoms with Crippen LogP contribution in [-0.4, -0.2) is 35.2 Å². The van der Waals surface area contributed by atoms with Gasteiger partial charge in [-0.05, 0) is 37.6 Å². The third kappa shape index (κ3) is 2.05. The fourth-order valence-corrected chi connectivity index (χ4v) is 2.64. The Morgan fingerprint density at radius 3 is 2.54 bits per heavy atom. The third-order valence-corrected chi connectivity index (χ3v) is 3.53. The molecule has 0 spiro atoms. The van der Waals surface area contributed by atoms with Crippen LogP contribution >= 0.6 is 0 Å². The molecule has 1 saturated heterocycles. The SMILES string of the molecule is CC1(C)CCCN([C@H]2C[C@H](O)C2)C1. The Kier molecular flexibility index (Phi) is 2.37. The van der Waals surface area contributed by atoms with Gasteiger partial charge in [0.25, 0.3) is 0 Å². The maximum Gasteiger partial charge on any atom is 0.0570 e. The molecule has 0 aromatic rings. The van der Waals surface area contributed by atoms with Gasteiger partial charge in [0, 0.05) is 12.6 Å². The Morgan fingerprint density at radius 2 is 2.00 bits per heavy atom. The average Bonchev–Trinajstić information content (AvgIpc) is 1.97. The number of piperidine rings is 1. The first-order valence-corrected chi connectivity index (χ1v) is 5.49. The van der Waals surface area contributed by atoms with E-state index < -0.39 is 0 Å². The molecule has 2 aliphatic rings. The van der Waals surface area contributed by atoms with Crippen LogP contribution in [0.2, 0.25) is 0 Å². The molecule has 2 rings (SSSR count). The molecule has 0 bridgehead atoms. The number of hydrogen-bond acceptors (Lipinski definition) is 2. The van der Waals surface area contributed by atoms with Gasteiger partial charge >= 0.3 is 0 Å². The van der Waals surface area contributed by atoms with Crippen LogP contribution in [0.1, 0.15) is 39.5 Å². The minimum absolute atomic E-state index is 0.00459. The number of hydrogen-bond donors (Lipinski definition) is 1. The zero-order valence-electron chi connectivity index (χ0n) is 8.79. The van der Waals surface area contributed by atoms with Crippen LogP contribution in [0.15, 0.2) is 0 Å². The molecule has 1 saturated carbocycles. The van der Waals surface area contributed by atoms with Crippen LogP contribution in [0.25, 0.3) is 0 Å². The number of aliphatic hydroxyl groups is 1. The van der Waals surface area contributed by atoms with E-state index in [0.29, 0.717) is 11.5 Å². The number of rotatable bonds is 1. The molecule has 1 heterocycles. The van der Waals surface area contributed by atoms with Crippen LogP contribution in [0.3, 0.4) is 0 Å². The van der Waals surface area contributed by atoms with Gasteiger partial charge in [-0.15, -0.1) is 0 Å². The van der Waals surface area contributed by atoms with E-state index in [1.165, 1.54) is 25.9 Å². The van der Waals surface area contributed by atoms with Crippen molar-refractivity contribution in [1.82, 2.24) is 4.90 Å². The van der Waals surface area contributed by atoms with Gasteiger partial charge in [-0.25, -0.2) is 0 Å². The summed E-state index contributed by atoms with van der Waals surface area (Å²) in [7, 11) is 0. The average molecular weight is 183 g/mol. The minimum atomic E-state index is -0.00459. The fourth-order valence-electron chi connectivity index (χ4n) is 2.64. The maximum atomic E-state index is 9.25. The van der Waals surface area contributed by atoms with E-state index in [1.807, 2.05) is 0 Å². The molecule has 0 aromatic heterocycles. The minimum Gasteiger partial charge on any atom is -0.393 e. The third-order valence-electron chi connectivity index (χ3n) is 3.53. The largest absolute Gasteiger partial charge is 0.393 e. The second-order valence-corrected chi connectivity index (χ2v) is 5.52. The second-order valence-electron chi connectivity index (χ2n) is 5.52. The molecule has 0 radical (unpaired) electrons. The Bertz CT molecular complexity index is 185. The number of nitrogens with zero attached hydrogens (tertiary/aromatic N) is 1. The molecule has 0 aromatic carbocycles. The Labute approximate surface area is 80.9 Å². The summed E-state index contributed by atoms with van der Waals surface area (Å²) in [5, 5.41) is 9.25. The molecular weight excluding hydrogens is 162 g/mol. The summed E-state index contributed by atoms with van der Waals surface area (Å²) in [5.41, 5.74) is 0.499. The van der Waals surface area contributed by atoms with Gasteiger partial charge in [0.2, 0.25) is 0 Å². The van der Waals surface area contributed by atoms with E-state index in [9.17, 15) is 5.11 Å². The van der Waals surface area contributed by atoms with Gasteiger partial charge in [0.15, 0.2) is 0 Å². The van der Waals surface area contributed by atoms with Crippen molar-refractivity contribution in [3.8, 4) is 0 Å². The van der Waals surface area contributed by atoms with Gasteiger partial charge in [0.05, 0.1) is 6.10 Å². The predicted octanol–water partition coefficient (Wildman–Crippen LogP) is 1.63. The van der Waals surface area contributed by atoms with Crippen molar-refractivity contribution in [2.75, 3.05) is 13.1 Å². The molecule has 2 nitrogen and oxygen atoms in total. The lowest BCUT2D eigenvalue weighted by Gasteiger charge is -2.47. The van der Waals surface area contributed by atoms with Crippen molar-refractivity contribution in [3.05, 3.63) is 0 Å². The molecule has 0 amide bonds. The van der Waals surface area contributed by atoms with Crippen molar-refractivity contribution in [2.45, 2.75) is 51.7 Å². The van der Waals surface area contributed by atoms with E-state index in [0.717, 1.165) is 12.8 Å². The number of likely N-dealkylation sites (tertiary alicyclic amines) is 1. The van der Waals surface area contributed by atoms with Crippen LogP contribution in [0, 0.1) is 5.41 Å². The molecule has 0 atom stereocenters. The van der Waals surface area contributed by atoms with Crippen LogP contribution in [0.4, 0.5) is 0 Å². The maximum absolute atomic E-state index is 9.25. The van der Waals surface area contributed by atoms with E-state index in [2.05, 4.69) is 18.7 Å². The lowest BCUT2D eigenvalue weighted by atomic mass is 9.80. The summed E-state index contributed by atoms with van der Waals surface area (Å²) in [6.45, 7) is 7.19. The summed E-state index contributed by atoms with van der Waals surface area (Å²) in [6, 6.07) is 0.689. The predicted molar refractivity (Wildman–Crippen MR) is 53.6 cm³/mol. The van der Waals surface area contributed by atoms with E-state index in [1.54, 1.807) is 0 Å². The highest BCUT2D eigenvalue weighted by molar-refractivity contribution is 4.91. The highest BCUT2D eigenvalue weighted by atomic mass is 16.3. The molecule has 1 N–H and O–H groups in total. The van der Waals surface area contributed by atoms with E-state index in [-0.39, 0.29) is 6.10 Å². The molecule has 2 heteroatoms. The van der Waals surface area contributed by atoms with Gasteiger partial charge in [-0.1, -0.05) is 13.8 Å². The van der Waals surface area contributed by atoms with Crippen molar-refractivity contribution < 1.29 is 5.11 Å². The van der Waals surface area contributed by atoms with Crippen molar-refractivity contribution >= 4 is 0 Å². The normalized spacial score (nSPS) is 39.9. The monoisotopic (exact) mass is 183 g/mol. The molecule has 76 valence electrons. The van der Waals surface area contributed by atoms with Crippen molar-refractivity contribution in [1.29, 1.82) is 0 Å². The summed E-state index contributed by atoms with van der Waals surface area (Å²) in [5.74, 6) is 0. The first-order chi connectivity index (χ1) is 6.07. The van der Waals surface area contributed by atoms with Gasteiger partial charge in [-0.2, -0.15) is 0 Å². The van der Waals surface area contributed by atoms with Crippen molar-refractivity contribution in [2.24, 2.45) is 5.41 Å². The van der Waals surface area contributed by atoms with Gasteiger partial charge < -0.3 is 5.11 Å². The summed E-state index contributed by atoms with van der Waals surface area (Å²) < 4.78 is 0. The lowest BCUT2D eigenvalue weighted by Crippen LogP contribution is -2.52. The molecule has 0 unspecified atom stereocenters. The summed E-state index contributed by atoms with van der Waals surface area (Å²) in [4.78, 5) is 2.58. The molecule has 1 aliphatic carbocycles. The van der Waals surface area contributed by atoms with Crippen LogP contribution in [-0.2, 0) is 0 Å². The number of aliphatic hydroxyl groups excluding tert-OH is 1. The zero-order valence-corrected chi connectivity index (χ0v) is 8.79. The van der Waals surface area contributed by atoms with Crippen LogP contribution < -0.4 is 0 Å². The topological polar surface area (TPSA) is 23.5 Å². The fraction of sp³-hybridized carbons (Fsp3) is 1.00. The molecule has 13 heavy (non-hydrogen) atoms. The van der Waals surface area contributed by atoms with E-state index >= 15 is 0 Å². The Morgan fingerprint density at radius 1 is 1.31 bits per heavy atom. The standard InChI is InChI=1S/C11H21NO/c1-11(2)4-3-5-12(8-11)9-6-10(13)7-9/h9-10,13H,3-8H2,1-2H3/t9-,10-. The van der Waals surface area contributed by atoms with Gasteiger partial charge in [-0.3, -0.25) is 4.90 Å². The smallest absolute Gasteiger partial charge is 0.0570 e. The van der Waals surface area contributed by atoms with E-state index in [4.69, 9.17) is 0 Å². The Balaban J connectivity index is 1.86. The van der Waals surface area contributed by atoms with Crippen molar-refractivity contribution in [3.63, 3.8) is 0 Å². The van der Waals surface area contributed by atoms with Crippen LogP contribution in [0.5, 0.6) is 0 Å². The summed E-state index contributed by atoms with van der Waals surface area (Å²) >= 11 is 0. The zero-order chi connectivity index (χ0) is 9.47. The summed E-state index contributed by atoms with van der Waals surface area (Å²) in [6.07, 6.45) is 4.71. The quantitative estimate of drug-likeness (QED) is 0.668. The molecular formula is C11H21NO. The first kappa shape index (κ1) is 9.47. The molecule has 1 aliphatic heterocycles. The highest BCUT2D eigenvalue weighted by Crippen LogP contribution is 2.34. The second kappa shape index (κ2) is 3.25. The lowest BCUT2D eigenvalue weighted by molar-refractivity contribution is -0.0274. The molecule has 2 fully saturated rings. The Hall–Kier alpha value is -0.0800.